The predicted octanol–water partition coefficient (Wildman–Crippen LogP) is 2.74. The number of halogens is 1. The number of aliphatic imine (C=N–C) groups is 1. The van der Waals surface area contributed by atoms with Crippen molar-refractivity contribution in [1.29, 1.82) is 0 Å². The Morgan fingerprint density at radius 1 is 1.07 bits per heavy atom. The molecule has 0 spiro atoms. The maximum Gasteiger partial charge on any atom is 0.191 e. The normalized spacial score (nSPS) is 21.2. The van der Waals surface area contributed by atoms with Gasteiger partial charge in [0.05, 0.1) is 0 Å². The number of aryl methyl sites for hydroxylation is 2. The highest BCUT2D eigenvalue weighted by atomic mass is 127. The van der Waals surface area contributed by atoms with E-state index in [2.05, 4.69) is 37.2 Å². The lowest BCUT2D eigenvalue weighted by Crippen LogP contribution is -2.49. The summed E-state index contributed by atoms with van der Waals surface area (Å²) in [5, 5.41) is 15.9. The van der Waals surface area contributed by atoms with Crippen molar-refractivity contribution < 1.29 is 0 Å². The first kappa shape index (κ1) is 22.8. The van der Waals surface area contributed by atoms with Crippen LogP contribution in [0.15, 0.2) is 4.99 Å². The Balaban J connectivity index is 0.00000240. The molecule has 0 atom stereocenters. The van der Waals surface area contributed by atoms with Crippen LogP contribution in [0.25, 0.3) is 0 Å². The molecular formula is C21H38IN7. The molecule has 3 heterocycles. The van der Waals surface area contributed by atoms with Crippen LogP contribution < -0.4 is 10.6 Å². The third-order valence-electron chi connectivity index (χ3n) is 6.29. The van der Waals surface area contributed by atoms with Crippen LogP contribution in [0.2, 0.25) is 0 Å². The number of aromatic nitrogens is 3. The van der Waals surface area contributed by atoms with Gasteiger partial charge < -0.3 is 20.1 Å². The minimum absolute atomic E-state index is 0. The number of hydrogen-bond acceptors (Lipinski definition) is 4. The number of nitrogens with one attached hydrogen (secondary N) is 2. The molecule has 0 amide bonds. The Labute approximate surface area is 192 Å². The maximum atomic E-state index is 4.83. The minimum atomic E-state index is 0. The van der Waals surface area contributed by atoms with Crippen molar-refractivity contribution in [2.75, 3.05) is 26.2 Å². The van der Waals surface area contributed by atoms with Gasteiger partial charge in [0.1, 0.15) is 11.6 Å². The van der Waals surface area contributed by atoms with Crippen molar-refractivity contribution in [1.82, 2.24) is 30.3 Å². The highest BCUT2D eigenvalue weighted by molar-refractivity contribution is 14.0. The highest BCUT2D eigenvalue weighted by Gasteiger charge is 2.31. The van der Waals surface area contributed by atoms with Gasteiger partial charge >= 0.3 is 0 Å². The van der Waals surface area contributed by atoms with E-state index in [0.29, 0.717) is 6.04 Å². The fourth-order valence-electron chi connectivity index (χ4n) is 4.52. The van der Waals surface area contributed by atoms with E-state index in [1.807, 2.05) is 0 Å². The molecular weight excluding hydrogens is 477 g/mol. The Kier molecular flexibility index (Phi) is 9.02. The van der Waals surface area contributed by atoms with Gasteiger partial charge in [0.25, 0.3) is 0 Å². The quantitative estimate of drug-likeness (QED) is 0.253. The fourth-order valence-corrected chi connectivity index (χ4v) is 4.52. The monoisotopic (exact) mass is 515 g/mol. The van der Waals surface area contributed by atoms with E-state index in [1.165, 1.54) is 63.9 Å². The first-order valence-electron chi connectivity index (χ1n) is 11.5. The maximum absolute atomic E-state index is 4.83. The molecule has 2 fully saturated rings. The minimum Gasteiger partial charge on any atom is -0.357 e. The van der Waals surface area contributed by atoms with Gasteiger partial charge in [0, 0.05) is 57.6 Å². The summed E-state index contributed by atoms with van der Waals surface area (Å²) in [6, 6.07) is 1.45. The number of piperidine rings is 1. The van der Waals surface area contributed by atoms with E-state index in [4.69, 9.17) is 4.99 Å². The molecule has 164 valence electrons. The summed E-state index contributed by atoms with van der Waals surface area (Å²) < 4.78 is 2.35. The molecule has 0 radical (unpaired) electrons. The van der Waals surface area contributed by atoms with Gasteiger partial charge in [-0.15, -0.1) is 34.2 Å². The largest absolute Gasteiger partial charge is 0.357 e. The predicted molar refractivity (Wildman–Crippen MR) is 128 cm³/mol. The molecule has 1 aliphatic carbocycles. The Morgan fingerprint density at radius 3 is 2.66 bits per heavy atom. The summed E-state index contributed by atoms with van der Waals surface area (Å²) in [7, 11) is 0. The van der Waals surface area contributed by atoms with E-state index >= 15 is 0 Å². The number of rotatable bonds is 7. The average Bonchev–Trinajstić information content (AvgIpc) is 3.52. The molecule has 1 saturated heterocycles. The first-order chi connectivity index (χ1) is 13.8. The van der Waals surface area contributed by atoms with E-state index < -0.39 is 0 Å². The van der Waals surface area contributed by atoms with Gasteiger partial charge in [-0.1, -0.05) is 6.42 Å². The van der Waals surface area contributed by atoms with Crippen molar-refractivity contribution in [3.05, 3.63) is 11.6 Å². The van der Waals surface area contributed by atoms with E-state index in [-0.39, 0.29) is 24.0 Å². The van der Waals surface area contributed by atoms with Crippen molar-refractivity contribution >= 4 is 29.9 Å². The number of hydrogen-bond donors (Lipinski definition) is 2. The fraction of sp³-hybridized carbons (Fsp3) is 0.857. The lowest BCUT2D eigenvalue weighted by Gasteiger charge is -2.33. The standard InChI is InChI=1S/C21H37N7.HI/c1-2-22-21(24-17-11-15-27(16-12-17)18-9-10-18)23-13-6-8-20-26-25-19-7-4-3-5-14-28(19)20;/h17-18H,2-16H2,1H3,(H2,22,23,24);1H. The van der Waals surface area contributed by atoms with Gasteiger partial charge in [0.15, 0.2) is 5.96 Å². The van der Waals surface area contributed by atoms with E-state index in [9.17, 15) is 0 Å². The zero-order valence-corrected chi connectivity index (χ0v) is 20.2. The summed E-state index contributed by atoms with van der Waals surface area (Å²) in [5.74, 6) is 3.31. The second-order valence-electron chi connectivity index (χ2n) is 8.54. The number of nitrogens with zero attached hydrogens (tertiary/aromatic N) is 5. The van der Waals surface area contributed by atoms with Crippen LogP contribution in [-0.4, -0.2) is 63.9 Å². The number of likely N-dealkylation sites (tertiary alicyclic amines) is 1. The van der Waals surface area contributed by atoms with Gasteiger partial charge in [0.2, 0.25) is 0 Å². The zero-order valence-electron chi connectivity index (χ0n) is 17.9. The third kappa shape index (κ3) is 6.54. The molecule has 0 bridgehead atoms. The van der Waals surface area contributed by atoms with Gasteiger partial charge in [-0.25, -0.2) is 0 Å². The topological polar surface area (TPSA) is 70.4 Å². The molecule has 1 aromatic rings. The molecule has 0 unspecified atom stereocenters. The first-order valence-corrected chi connectivity index (χ1v) is 11.5. The Morgan fingerprint density at radius 2 is 1.90 bits per heavy atom. The van der Waals surface area contributed by atoms with Crippen LogP contribution in [0, 0.1) is 0 Å². The summed E-state index contributed by atoms with van der Waals surface area (Å²) >= 11 is 0. The van der Waals surface area contributed by atoms with Crippen LogP contribution in [0.5, 0.6) is 0 Å². The van der Waals surface area contributed by atoms with Crippen LogP contribution in [-0.2, 0) is 19.4 Å². The second kappa shape index (κ2) is 11.5. The molecule has 2 N–H and O–H groups in total. The number of guanidine groups is 1. The lowest BCUT2D eigenvalue weighted by atomic mass is 10.1. The molecule has 7 nitrogen and oxygen atoms in total. The summed E-state index contributed by atoms with van der Waals surface area (Å²) in [4.78, 5) is 7.50. The van der Waals surface area contributed by atoms with Crippen LogP contribution >= 0.6 is 24.0 Å². The van der Waals surface area contributed by atoms with Crippen molar-refractivity contribution in [3.63, 3.8) is 0 Å². The molecule has 4 rings (SSSR count). The number of fused-ring (bicyclic) bond motifs is 1. The summed E-state index contributed by atoms with van der Waals surface area (Å²) in [5.41, 5.74) is 0. The summed E-state index contributed by atoms with van der Waals surface area (Å²) in [6.45, 7) is 7.44. The van der Waals surface area contributed by atoms with Gasteiger partial charge in [-0.05, 0) is 51.9 Å². The Bertz CT molecular complexity index is 647. The molecule has 3 aliphatic rings. The molecule has 1 saturated carbocycles. The van der Waals surface area contributed by atoms with E-state index in [1.54, 1.807) is 0 Å². The van der Waals surface area contributed by atoms with Crippen LogP contribution in [0.1, 0.15) is 69.9 Å². The van der Waals surface area contributed by atoms with E-state index in [0.717, 1.165) is 56.7 Å². The SMILES string of the molecule is CCNC(=NCCCc1nnc2n1CCCCC2)NC1CCN(C2CC2)CC1.I. The zero-order chi connectivity index (χ0) is 19.2. The third-order valence-corrected chi connectivity index (χ3v) is 6.29. The highest BCUT2D eigenvalue weighted by Crippen LogP contribution is 2.29. The van der Waals surface area contributed by atoms with Crippen molar-refractivity contribution in [2.45, 2.75) is 89.8 Å². The molecule has 2 aliphatic heterocycles. The van der Waals surface area contributed by atoms with Crippen LogP contribution in [0.3, 0.4) is 0 Å². The second-order valence-corrected chi connectivity index (χ2v) is 8.54. The van der Waals surface area contributed by atoms with Crippen molar-refractivity contribution in [3.8, 4) is 0 Å². The lowest BCUT2D eigenvalue weighted by molar-refractivity contribution is 0.197. The van der Waals surface area contributed by atoms with Gasteiger partial charge in [-0.2, -0.15) is 0 Å². The molecule has 1 aromatic heterocycles. The Hall–Kier alpha value is -0.900. The smallest absolute Gasteiger partial charge is 0.191 e. The van der Waals surface area contributed by atoms with Gasteiger partial charge in [-0.3, -0.25) is 4.99 Å². The summed E-state index contributed by atoms with van der Waals surface area (Å²) in [6.07, 6.45) is 12.2. The van der Waals surface area contributed by atoms with Crippen LogP contribution in [0.4, 0.5) is 0 Å². The molecule has 29 heavy (non-hydrogen) atoms. The molecule has 0 aromatic carbocycles. The van der Waals surface area contributed by atoms with Crippen molar-refractivity contribution in [2.24, 2.45) is 4.99 Å². The molecule has 8 heteroatoms. The average molecular weight is 515 g/mol.